The van der Waals surface area contributed by atoms with E-state index < -0.39 is 24.5 Å². The van der Waals surface area contributed by atoms with Crippen molar-refractivity contribution in [1.82, 2.24) is 0 Å². The Labute approximate surface area is 149 Å². The monoisotopic (exact) mass is 362 g/mol. The SMILES string of the molecule is O=C(OC[C@@H]1OC[C@H](OC(=O)c2cccc(Cl)c2)O1)c1ccccc1. The second-order valence-corrected chi connectivity index (χ2v) is 5.65. The van der Waals surface area contributed by atoms with Crippen LogP contribution in [0.1, 0.15) is 20.7 Å². The molecule has 2 aromatic carbocycles. The maximum atomic E-state index is 12.0. The maximum absolute atomic E-state index is 12.0. The Balaban J connectivity index is 1.46. The number of halogens is 1. The molecule has 2 aromatic rings. The van der Waals surface area contributed by atoms with Crippen LogP contribution in [0.5, 0.6) is 0 Å². The van der Waals surface area contributed by atoms with Crippen molar-refractivity contribution in [2.75, 3.05) is 13.2 Å². The van der Waals surface area contributed by atoms with Crippen molar-refractivity contribution in [3.8, 4) is 0 Å². The van der Waals surface area contributed by atoms with E-state index in [1.54, 1.807) is 48.5 Å². The molecule has 0 aliphatic carbocycles. The summed E-state index contributed by atoms with van der Waals surface area (Å²) in [5.74, 6) is -1.05. The lowest BCUT2D eigenvalue weighted by molar-refractivity contribution is -0.137. The van der Waals surface area contributed by atoms with Crippen LogP contribution in [0.4, 0.5) is 0 Å². The average molecular weight is 363 g/mol. The molecule has 1 saturated heterocycles. The van der Waals surface area contributed by atoms with Gasteiger partial charge >= 0.3 is 11.9 Å². The van der Waals surface area contributed by atoms with Crippen LogP contribution in [0.25, 0.3) is 0 Å². The van der Waals surface area contributed by atoms with E-state index in [2.05, 4.69) is 0 Å². The zero-order valence-electron chi connectivity index (χ0n) is 13.1. The molecule has 0 saturated carbocycles. The van der Waals surface area contributed by atoms with E-state index in [1.165, 1.54) is 6.07 Å². The zero-order chi connectivity index (χ0) is 17.6. The molecule has 6 nitrogen and oxygen atoms in total. The molecule has 0 spiro atoms. The third-order valence-corrected chi connectivity index (χ3v) is 3.62. The number of carbonyl (C=O) groups is 2. The van der Waals surface area contributed by atoms with Gasteiger partial charge in [-0.3, -0.25) is 0 Å². The molecule has 1 fully saturated rings. The van der Waals surface area contributed by atoms with E-state index in [-0.39, 0.29) is 13.2 Å². The summed E-state index contributed by atoms with van der Waals surface area (Å²) in [7, 11) is 0. The molecule has 2 atom stereocenters. The molecule has 7 heteroatoms. The summed E-state index contributed by atoms with van der Waals surface area (Å²) < 4.78 is 21.0. The lowest BCUT2D eigenvalue weighted by atomic mass is 10.2. The first-order valence-corrected chi connectivity index (χ1v) is 7.95. The van der Waals surface area contributed by atoms with Gasteiger partial charge in [0.25, 0.3) is 0 Å². The summed E-state index contributed by atoms with van der Waals surface area (Å²) >= 11 is 5.84. The highest BCUT2D eigenvalue weighted by Crippen LogP contribution is 2.17. The molecular formula is C18H15ClO6. The van der Waals surface area contributed by atoms with Gasteiger partial charge in [0.05, 0.1) is 11.1 Å². The summed E-state index contributed by atoms with van der Waals surface area (Å²) in [6.45, 7) is -0.0429. The van der Waals surface area contributed by atoms with Crippen LogP contribution in [0, 0.1) is 0 Å². The molecule has 0 amide bonds. The number of esters is 2. The lowest BCUT2D eigenvalue weighted by Gasteiger charge is -2.12. The molecule has 25 heavy (non-hydrogen) atoms. The Bertz CT molecular complexity index is 748. The van der Waals surface area contributed by atoms with Crippen molar-refractivity contribution in [2.45, 2.75) is 12.6 Å². The standard InChI is InChI=1S/C18H15ClO6/c19-14-8-4-7-13(9-14)18(21)25-16-11-22-15(24-16)10-23-17(20)12-5-2-1-3-6-12/h1-9,15-16H,10-11H2/t15-,16+/m1/s1. The minimum absolute atomic E-state index is 0.0554. The second-order valence-electron chi connectivity index (χ2n) is 5.21. The molecule has 0 radical (unpaired) electrons. The van der Waals surface area contributed by atoms with E-state index >= 15 is 0 Å². The Kier molecular flexibility index (Phi) is 5.65. The van der Waals surface area contributed by atoms with Crippen LogP contribution in [0.2, 0.25) is 5.02 Å². The van der Waals surface area contributed by atoms with Gasteiger partial charge in [0.2, 0.25) is 6.29 Å². The highest BCUT2D eigenvalue weighted by molar-refractivity contribution is 6.30. The molecule has 1 heterocycles. The van der Waals surface area contributed by atoms with Gasteiger partial charge in [-0.25, -0.2) is 9.59 Å². The first-order chi connectivity index (χ1) is 12.1. The predicted octanol–water partition coefficient (Wildman–Crippen LogP) is 3.05. The average Bonchev–Trinajstić information content (AvgIpc) is 3.08. The first kappa shape index (κ1) is 17.4. The van der Waals surface area contributed by atoms with Gasteiger partial charge in [-0.1, -0.05) is 35.9 Å². The van der Waals surface area contributed by atoms with Gasteiger partial charge in [0.15, 0.2) is 6.29 Å². The van der Waals surface area contributed by atoms with Crippen LogP contribution in [-0.4, -0.2) is 37.7 Å². The minimum Gasteiger partial charge on any atom is -0.457 e. The Morgan fingerprint density at radius 2 is 1.80 bits per heavy atom. The van der Waals surface area contributed by atoms with Crippen LogP contribution in [-0.2, 0) is 18.9 Å². The van der Waals surface area contributed by atoms with Crippen molar-refractivity contribution in [3.63, 3.8) is 0 Å². The fraction of sp³-hybridized carbons (Fsp3) is 0.222. The summed E-state index contributed by atoms with van der Waals surface area (Å²) in [4.78, 5) is 23.9. The van der Waals surface area contributed by atoms with Crippen molar-refractivity contribution < 1.29 is 28.5 Å². The van der Waals surface area contributed by atoms with Gasteiger partial charge in [-0.2, -0.15) is 0 Å². The smallest absolute Gasteiger partial charge is 0.340 e. The second kappa shape index (κ2) is 8.11. The molecular weight excluding hydrogens is 348 g/mol. The highest BCUT2D eigenvalue weighted by Gasteiger charge is 2.30. The Hall–Kier alpha value is -2.41. The summed E-state index contributed by atoms with van der Waals surface area (Å²) in [6.07, 6.45) is -1.66. The number of hydrogen-bond acceptors (Lipinski definition) is 6. The van der Waals surface area contributed by atoms with E-state index in [1.807, 2.05) is 0 Å². The number of benzene rings is 2. The number of ether oxygens (including phenoxy) is 4. The molecule has 0 bridgehead atoms. The number of rotatable bonds is 5. The van der Waals surface area contributed by atoms with Gasteiger partial charge < -0.3 is 18.9 Å². The fourth-order valence-corrected chi connectivity index (χ4v) is 2.38. The molecule has 3 rings (SSSR count). The van der Waals surface area contributed by atoms with Crippen LogP contribution >= 0.6 is 11.6 Å². The van der Waals surface area contributed by atoms with E-state index in [0.717, 1.165) is 0 Å². The molecule has 0 N–H and O–H groups in total. The third-order valence-electron chi connectivity index (χ3n) is 3.38. The van der Waals surface area contributed by atoms with Crippen molar-refractivity contribution in [3.05, 3.63) is 70.7 Å². The van der Waals surface area contributed by atoms with E-state index in [0.29, 0.717) is 16.1 Å². The van der Waals surface area contributed by atoms with Gasteiger partial charge in [0, 0.05) is 5.02 Å². The quantitative estimate of drug-likeness (QED) is 0.761. The third kappa shape index (κ3) is 4.79. The summed E-state index contributed by atoms with van der Waals surface area (Å²) in [6, 6.07) is 15.0. The largest absolute Gasteiger partial charge is 0.457 e. The Morgan fingerprint density at radius 1 is 1.04 bits per heavy atom. The van der Waals surface area contributed by atoms with Crippen LogP contribution in [0.15, 0.2) is 54.6 Å². The molecule has 1 aliphatic heterocycles. The predicted molar refractivity (Wildman–Crippen MR) is 88.2 cm³/mol. The summed E-state index contributed by atoms with van der Waals surface area (Å²) in [5.41, 5.74) is 0.750. The fourth-order valence-electron chi connectivity index (χ4n) is 2.19. The number of carbonyl (C=O) groups excluding carboxylic acids is 2. The Morgan fingerprint density at radius 3 is 2.56 bits per heavy atom. The highest BCUT2D eigenvalue weighted by atomic mass is 35.5. The molecule has 0 unspecified atom stereocenters. The molecule has 1 aliphatic rings. The van der Waals surface area contributed by atoms with Gasteiger partial charge in [-0.15, -0.1) is 0 Å². The first-order valence-electron chi connectivity index (χ1n) is 7.57. The number of hydrogen-bond donors (Lipinski definition) is 0. The maximum Gasteiger partial charge on any atom is 0.340 e. The van der Waals surface area contributed by atoms with Crippen LogP contribution < -0.4 is 0 Å². The lowest BCUT2D eigenvalue weighted by Crippen LogP contribution is -2.23. The molecule has 0 aromatic heterocycles. The van der Waals surface area contributed by atoms with Crippen molar-refractivity contribution in [2.24, 2.45) is 0 Å². The van der Waals surface area contributed by atoms with Gasteiger partial charge in [-0.05, 0) is 30.3 Å². The van der Waals surface area contributed by atoms with E-state index in [9.17, 15) is 9.59 Å². The van der Waals surface area contributed by atoms with Crippen LogP contribution in [0.3, 0.4) is 0 Å². The normalized spacial score (nSPS) is 19.4. The summed E-state index contributed by atoms with van der Waals surface area (Å²) in [5, 5.41) is 0.434. The van der Waals surface area contributed by atoms with Crippen molar-refractivity contribution in [1.29, 1.82) is 0 Å². The van der Waals surface area contributed by atoms with Gasteiger partial charge in [0.1, 0.15) is 13.2 Å². The molecule has 130 valence electrons. The van der Waals surface area contributed by atoms with Crippen molar-refractivity contribution >= 4 is 23.5 Å². The zero-order valence-corrected chi connectivity index (χ0v) is 13.8. The minimum atomic E-state index is -0.869. The topological polar surface area (TPSA) is 71.1 Å². The van der Waals surface area contributed by atoms with E-state index in [4.69, 9.17) is 30.5 Å².